The van der Waals surface area contributed by atoms with Gasteiger partial charge in [0, 0.05) is 18.1 Å². The smallest absolute Gasteiger partial charge is 0.243 e. The number of anilines is 1. The fourth-order valence-electron chi connectivity index (χ4n) is 1.84. The van der Waals surface area contributed by atoms with Crippen molar-refractivity contribution in [3.63, 3.8) is 0 Å². The lowest BCUT2D eigenvalue weighted by Crippen LogP contribution is -2.26. The molecule has 0 saturated heterocycles. The molecule has 2 aromatic rings. The van der Waals surface area contributed by atoms with Crippen LogP contribution in [-0.4, -0.2) is 19.8 Å². The number of rotatable bonds is 4. The third-order valence-electron chi connectivity index (χ3n) is 2.97. The Morgan fingerprint density at radius 3 is 2.57 bits per heavy atom. The Labute approximate surface area is 137 Å². The highest BCUT2D eigenvalue weighted by molar-refractivity contribution is 9.10. The summed E-state index contributed by atoms with van der Waals surface area (Å²) in [6, 6.07) is 11.8. The average molecular weight is 390 g/mol. The predicted molar refractivity (Wildman–Crippen MR) is 88.7 cm³/mol. The molecule has 0 aromatic heterocycles. The van der Waals surface area contributed by atoms with E-state index in [2.05, 4.69) is 15.9 Å². The number of sulfonamides is 1. The van der Waals surface area contributed by atoms with Crippen molar-refractivity contribution in [2.24, 2.45) is 0 Å². The zero-order chi connectivity index (χ0) is 15.6. The number of nitrogens with two attached hydrogens (primary N) is 1. The van der Waals surface area contributed by atoms with Crippen molar-refractivity contribution in [2.75, 3.05) is 12.8 Å². The molecular weight excluding hydrogens is 376 g/mol. The summed E-state index contributed by atoms with van der Waals surface area (Å²) >= 11 is 9.18. The van der Waals surface area contributed by atoms with Crippen LogP contribution in [0.5, 0.6) is 0 Å². The zero-order valence-corrected chi connectivity index (χ0v) is 14.4. The summed E-state index contributed by atoms with van der Waals surface area (Å²) in [5.41, 5.74) is 6.80. The Balaban J connectivity index is 2.28. The molecule has 2 aromatic carbocycles. The second kappa shape index (κ2) is 6.36. The molecular formula is C14H14BrClN2O2S. The first kappa shape index (κ1) is 16.3. The number of nitrogen functional groups attached to an aromatic ring is 1. The Morgan fingerprint density at radius 1 is 1.24 bits per heavy atom. The number of hydrogen-bond acceptors (Lipinski definition) is 3. The van der Waals surface area contributed by atoms with E-state index in [1.807, 2.05) is 24.3 Å². The first-order valence-corrected chi connectivity index (χ1v) is 8.67. The zero-order valence-electron chi connectivity index (χ0n) is 11.3. The molecule has 0 aliphatic rings. The summed E-state index contributed by atoms with van der Waals surface area (Å²) in [4.78, 5) is 0.127. The molecule has 0 fully saturated rings. The van der Waals surface area contributed by atoms with E-state index < -0.39 is 10.0 Å². The van der Waals surface area contributed by atoms with Crippen LogP contribution in [0.25, 0.3) is 0 Å². The second-order valence-electron chi connectivity index (χ2n) is 4.57. The Bertz CT molecular complexity index is 765. The molecule has 0 aliphatic heterocycles. The number of halogens is 2. The lowest BCUT2D eigenvalue weighted by Gasteiger charge is -2.18. The summed E-state index contributed by atoms with van der Waals surface area (Å²) in [6.45, 7) is 0.268. The molecule has 0 radical (unpaired) electrons. The van der Waals surface area contributed by atoms with Gasteiger partial charge in [-0.3, -0.25) is 0 Å². The van der Waals surface area contributed by atoms with E-state index in [1.54, 1.807) is 0 Å². The molecule has 0 bridgehead atoms. The van der Waals surface area contributed by atoms with Gasteiger partial charge in [-0.15, -0.1) is 0 Å². The van der Waals surface area contributed by atoms with E-state index >= 15 is 0 Å². The molecule has 2 N–H and O–H groups in total. The average Bonchev–Trinajstić information content (AvgIpc) is 2.41. The second-order valence-corrected chi connectivity index (χ2v) is 7.94. The van der Waals surface area contributed by atoms with Crippen LogP contribution < -0.4 is 5.73 Å². The Kier molecular flexibility index (Phi) is 4.93. The minimum Gasteiger partial charge on any atom is -0.397 e. The molecule has 4 nitrogen and oxygen atoms in total. The van der Waals surface area contributed by atoms with Crippen molar-refractivity contribution in [1.82, 2.24) is 4.31 Å². The van der Waals surface area contributed by atoms with E-state index in [-0.39, 0.29) is 17.1 Å². The van der Waals surface area contributed by atoms with Crippen LogP contribution >= 0.6 is 27.5 Å². The molecule has 0 saturated carbocycles. The van der Waals surface area contributed by atoms with Crippen LogP contribution in [-0.2, 0) is 16.6 Å². The van der Waals surface area contributed by atoms with Crippen molar-refractivity contribution >= 4 is 43.2 Å². The van der Waals surface area contributed by atoms with E-state index in [0.29, 0.717) is 5.02 Å². The lowest BCUT2D eigenvalue weighted by atomic mass is 10.2. The van der Waals surface area contributed by atoms with Crippen molar-refractivity contribution in [3.05, 3.63) is 57.5 Å². The molecule has 0 unspecified atom stereocenters. The molecule has 0 atom stereocenters. The predicted octanol–water partition coefficient (Wildman–Crippen LogP) is 3.51. The van der Waals surface area contributed by atoms with Crippen LogP contribution in [0, 0.1) is 0 Å². The van der Waals surface area contributed by atoms with Crippen molar-refractivity contribution in [3.8, 4) is 0 Å². The Hall–Kier alpha value is -1.08. The molecule has 0 aliphatic carbocycles. The van der Waals surface area contributed by atoms with Gasteiger partial charge >= 0.3 is 0 Å². The summed E-state index contributed by atoms with van der Waals surface area (Å²) in [5.74, 6) is 0. The van der Waals surface area contributed by atoms with E-state index in [0.717, 1.165) is 10.0 Å². The van der Waals surface area contributed by atoms with Crippen molar-refractivity contribution in [2.45, 2.75) is 11.4 Å². The number of hydrogen-bond donors (Lipinski definition) is 1. The third kappa shape index (κ3) is 3.77. The van der Waals surface area contributed by atoms with Crippen LogP contribution in [0.4, 0.5) is 5.69 Å². The van der Waals surface area contributed by atoms with Gasteiger partial charge < -0.3 is 5.73 Å². The molecule has 21 heavy (non-hydrogen) atoms. The van der Waals surface area contributed by atoms with E-state index in [4.69, 9.17) is 17.3 Å². The monoisotopic (exact) mass is 388 g/mol. The first-order chi connectivity index (χ1) is 9.80. The van der Waals surface area contributed by atoms with Gasteiger partial charge in [0.1, 0.15) is 0 Å². The molecule has 2 rings (SSSR count). The summed E-state index contributed by atoms with van der Waals surface area (Å²) < 4.78 is 27.2. The molecule has 112 valence electrons. The first-order valence-electron chi connectivity index (χ1n) is 6.06. The van der Waals surface area contributed by atoms with Crippen molar-refractivity contribution in [1.29, 1.82) is 0 Å². The minimum atomic E-state index is -3.61. The van der Waals surface area contributed by atoms with Gasteiger partial charge in [-0.1, -0.05) is 39.7 Å². The van der Waals surface area contributed by atoms with Gasteiger partial charge in [0.15, 0.2) is 0 Å². The van der Waals surface area contributed by atoms with Crippen LogP contribution in [0.2, 0.25) is 5.02 Å². The Morgan fingerprint density at radius 2 is 1.95 bits per heavy atom. The maximum atomic E-state index is 12.5. The van der Waals surface area contributed by atoms with Gasteiger partial charge in [0.25, 0.3) is 0 Å². The largest absolute Gasteiger partial charge is 0.397 e. The van der Waals surface area contributed by atoms with E-state index in [1.165, 1.54) is 29.6 Å². The normalized spacial score (nSPS) is 11.8. The van der Waals surface area contributed by atoms with E-state index in [9.17, 15) is 8.42 Å². The summed E-state index contributed by atoms with van der Waals surface area (Å²) in [7, 11) is -2.08. The quantitative estimate of drug-likeness (QED) is 0.814. The standard InChI is InChI=1S/C14H14BrClN2O2S/c1-18(9-10-3-2-4-11(15)7-10)21(19,20)12-5-6-13(16)14(17)8-12/h2-8H,9,17H2,1H3. The van der Waals surface area contributed by atoms with Gasteiger partial charge in [-0.05, 0) is 35.9 Å². The number of nitrogens with zero attached hydrogens (tertiary/aromatic N) is 1. The van der Waals surface area contributed by atoms with Gasteiger partial charge in [0.2, 0.25) is 10.0 Å². The maximum absolute atomic E-state index is 12.5. The highest BCUT2D eigenvalue weighted by atomic mass is 79.9. The fourth-order valence-corrected chi connectivity index (χ4v) is 3.60. The molecule has 7 heteroatoms. The van der Waals surface area contributed by atoms with Gasteiger partial charge in [0.05, 0.1) is 15.6 Å². The maximum Gasteiger partial charge on any atom is 0.243 e. The minimum absolute atomic E-state index is 0.127. The van der Waals surface area contributed by atoms with Crippen molar-refractivity contribution < 1.29 is 8.42 Å². The van der Waals surface area contributed by atoms with Crippen LogP contribution in [0.1, 0.15) is 5.56 Å². The highest BCUT2D eigenvalue weighted by Crippen LogP contribution is 2.25. The topological polar surface area (TPSA) is 63.4 Å². The lowest BCUT2D eigenvalue weighted by molar-refractivity contribution is 0.466. The molecule has 0 amide bonds. The van der Waals surface area contributed by atoms with Gasteiger partial charge in [-0.2, -0.15) is 4.31 Å². The van der Waals surface area contributed by atoms with Crippen LogP contribution in [0.3, 0.4) is 0 Å². The fraction of sp³-hybridized carbons (Fsp3) is 0.143. The van der Waals surface area contributed by atoms with Gasteiger partial charge in [-0.25, -0.2) is 8.42 Å². The molecule has 0 heterocycles. The molecule has 0 spiro atoms. The summed E-state index contributed by atoms with van der Waals surface area (Å²) in [5, 5.41) is 0.337. The SMILES string of the molecule is CN(Cc1cccc(Br)c1)S(=O)(=O)c1ccc(Cl)c(N)c1. The highest BCUT2D eigenvalue weighted by Gasteiger charge is 2.21. The summed E-state index contributed by atoms with van der Waals surface area (Å²) in [6.07, 6.45) is 0. The van der Waals surface area contributed by atoms with Crippen LogP contribution in [0.15, 0.2) is 51.8 Å². The number of benzene rings is 2. The third-order valence-corrected chi connectivity index (χ3v) is 5.61.